The number of hydrogen-bond acceptors (Lipinski definition) is 5. The molecule has 0 amide bonds. The Morgan fingerprint density at radius 3 is 2.79 bits per heavy atom. The van der Waals surface area contributed by atoms with Crippen molar-refractivity contribution < 1.29 is 4.74 Å². The topological polar surface area (TPSA) is 52.4 Å². The molecule has 5 nitrogen and oxygen atoms in total. The van der Waals surface area contributed by atoms with Gasteiger partial charge in [-0.1, -0.05) is 30.3 Å². The maximum Gasteiger partial charge on any atom is 0.128 e. The van der Waals surface area contributed by atoms with Crippen molar-refractivity contribution in [3.63, 3.8) is 0 Å². The third-order valence-corrected chi connectivity index (χ3v) is 4.85. The van der Waals surface area contributed by atoms with Crippen LogP contribution in [0.4, 0.5) is 5.82 Å². The van der Waals surface area contributed by atoms with Crippen LogP contribution in [-0.4, -0.2) is 48.3 Å². The van der Waals surface area contributed by atoms with Gasteiger partial charge in [0.25, 0.3) is 0 Å². The van der Waals surface area contributed by atoms with Crippen molar-refractivity contribution in [1.29, 1.82) is 5.26 Å². The summed E-state index contributed by atoms with van der Waals surface area (Å²) in [5, 5.41) is 8.91. The van der Waals surface area contributed by atoms with E-state index >= 15 is 0 Å². The van der Waals surface area contributed by atoms with Gasteiger partial charge < -0.3 is 9.64 Å². The summed E-state index contributed by atoms with van der Waals surface area (Å²) >= 11 is 0. The lowest BCUT2D eigenvalue weighted by molar-refractivity contribution is -0.0499. The van der Waals surface area contributed by atoms with Gasteiger partial charge in [-0.25, -0.2) is 4.98 Å². The predicted octanol–water partition coefficient (Wildman–Crippen LogP) is 2.04. The van der Waals surface area contributed by atoms with E-state index in [1.807, 2.05) is 12.1 Å². The van der Waals surface area contributed by atoms with Gasteiger partial charge in [0, 0.05) is 32.4 Å². The van der Waals surface area contributed by atoms with Gasteiger partial charge in [0.05, 0.1) is 24.3 Å². The van der Waals surface area contributed by atoms with Crippen molar-refractivity contribution in [2.75, 3.05) is 31.1 Å². The Hall–Kier alpha value is -2.42. The molecule has 2 aromatic rings. The molecule has 2 fully saturated rings. The van der Waals surface area contributed by atoms with Gasteiger partial charge >= 0.3 is 0 Å². The van der Waals surface area contributed by atoms with Crippen molar-refractivity contribution in [2.24, 2.45) is 0 Å². The number of hydrogen-bond donors (Lipinski definition) is 0. The highest BCUT2D eigenvalue weighted by Gasteiger charge is 2.40. The van der Waals surface area contributed by atoms with Crippen LogP contribution in [0.3, 0.4) is 0 Å². The van der Waals surface area contributed by atoms with Crippen LogP contribution in [0, 0.1) is 11.3 Å². The van der Waals surface area contributed by atoms with Crippen molar-refractivity contribution in [3.05, 3.63) is 59.8 Å². The quantitative estimate of drug-likeness (QED) is 0.866. The Morgan fingerprint density at radius 1 is 1.17 bits per heavy atom. The zero-order chi connectivity index (χ0) is 16.4. The van der Waals surface area contributed by atoms with Gasteiger partial charge in [-0.2, -0.15) is 5.26 Å². The van der Waals surface area contributed by atoms with Crippen LogP contribution < -0.4 is 4.90 Å². The zero-order valence-corrected chi connectivity index (χ0v) is 13.5. The van der Waals surface area contributed by atoms with Crippen molar-refractivity contribution in [2.45, 2.75) is 18.7 Å². The number of nitrogens with zero attached hydrogens (tertiary/aromatic N) is 4. The summed E-state index contributed by atoms with van der Waals surface area (Å²) in [5.41, 5.74) is 1.94. The molecule has 3 heterocycles. The Kier molecular flexibility index (Phi) is 4.16. The van der Waals surface area contributed by atoms with E-state index in [9.17, 15) is 0 Å². The van der Waals surface area contributed by atoms with E-state index in [1.54, 1.807) is 6.20 Å². The normalized spacial score (nSPS) is 23.7. The molecule has 2 aliphatic rings. The van der Waals surface area contributed by atoms with Crippen molar-refractivity contribution >= 4 is 5.82 Å². The van der Waals surface area contributed by atoms with E-state index < -0.39 is 0 Å². The minimum atomic E-state index is 0.222. The van der Waals surface area contributed by atoms with Gasteiger partial charge in [-0.05, 0) is 17.7 Å². The fourth-order valence-electron chi connectivity index (χ4n) is 3.60. The standard InChI is InChI=1S/C19H20N4O/c20-10-16-6-7-19(21-11-16)23-13-17-18(14-23)24-9-8-22(17)12-15-4-2-1-3-5-15/h1-7,11,17-18H,8-9,12-14H2/t17-,18-/m0/s1. The molecular weight excluding hydrogens is 300 g/mol. The lowest BCUT2D eigenvalue weighted by Gasteiger charge is -2.36. The first-order chi connectivity index (χ1) is 11.8. The van der Waals surface area contributed by atoms with Gasteiger partial charge in [0.15, 0.2) is 0 Å². The minimum absolute atomic E-state index is 0.222. The molecule has 0 bridgehead atoms. The molecule has 0 N–H and O–H groups in total. The number of aromatic nitrogens is 1. The zero-order valence-electron chi connectivity index (χ0n) is 13.5. The maximum absolute atomic E-state index is 8.91. The molecule has 2 aliphatic heterocycles. The molecule has 1 aromatic heterocycles. The first kappa shape index (κ1) is 15.1. The summed E-state index contributed by atoms with van der Waals surface area (Å²) in [7, 11) is 0. The lowest BCUT2D eigenvalue weighted by Crippen LogP contribution is -2.50. The Balaban J connectivity index is 1.48. The fourth-order valence-corrected chi connectivity index (χ4v) is 3.60. The fraction of sp³-hybridized carbons (Fsp3) is 0.368. The molecule has 1 aromatic carbocycles. The first-order valence-corrected chi connectivity index (χ1v) is 8.34. The van der Waals surface area contributed by atoms with Gasteiger partial charge in [0.2, 0.25) is 0 Å². The summed E-state index contributed by atoms with van der Waals surface area (Å²) in [6, 6.07) is 16.9. The summed E-state index contributed by atoms with van der Waals surface area (Å²) in [6.45, 7) is 4.47. The number of ether oxygens (including phenoxy) is 1. The number of fused-ring (bicyclic) bond motifs is 1. The number of benzene rings is 1. The SMILES string of the molecule is N#Cc1ccc(N2C[C@@H]3OCCN(Cc4ccccc4)[C@H]3C2)nc1. The Labute approximate surface area is 142 Å². The van der Waals surface area contributed by atoms with Crippen LogP contribution in [0.25, 0.3) is 0 Å². The largest absolute Gasteiger partial charge is 0.373 e. The number of pyridine rings is 1. The molecule has 4 rings (SSSR count). The molecule has 0 unspecified atom stereocenters. The molecule has 5 heteroatoms. The molecule has 24 heavy (non-hydrogen) atoms. The van der Waals surface area contributed by atoms with Gasteiger partial charge in [-0.15, -0.1) is 0 Å². The van der Waals surface area contributed by atoms with Crippen LogP contribution in [0.1, 0.15) is 11.1 Å². The van der Waals surface area contributed by atoms with Crippen LogP contribution in [0.15, 0.2) is 48.7 Å². The monoisotopic (exact) mass is 320 g/mol. The van der Waals surface area contributed by atoms with E-state index in [0.29, 0.717) is 11.6 Å². The highest BCUT2D eigenvalue weighted by atomic mass is 16.5. The van der Waals surface area contributed by atoms with Crippen molar-refractivity contribution in [3.8, 4) is 6.07 Å². The Morgan fingerprint density at radius 2 is 2.04 bits per heavy atom. The molecule has 0 spiro atoms. The smallest absolute Gasteiger partial charge is 0.128 e. The highest BCUT2D eigenvalue weighted by Crippen LogP contribution is 2.27. The maximum atomic E-state index is 8.91. The molecule has 2 atom stereocenters. The van der Waals surface area contributed by atoms with Crippen LogP contribution >= 0.6 is 0 Å². The summed E-state index contributed by atoms with van der Waals surface area (Å²) in [4.78, 5) is 9.21. The average molecular weight is 320 g/mol. The number of morpholine rings is 1. The summed E-state index contributed by atoms with van der Waals surface area (Å²) in [6.07, 6.45) is 1.86. The van der Waals surface area contributed by atoms with E-state index in [4.69, 9.17) is 10.00 Å². The van der Waals surface area contributed by atoms with Gasteiger partial charge in [-0.3, -0.25) is 4.90 Å². The Bertz CT molecular complexity index is 725. The average Bonchev–Trinajstić information content (AvgIpc) is 3.08. The second-order valence-electron chi connectivity index (χ2n) is 6.35. The van der Waals surface area contributed by atoms with E-state index in [-0.39, 0.29) is 6.10 Å². The number of nitriles is 1. The lowest BCUT2D eigenvalue weighted by atomic mass is 10.1. The molecule has 2 saturated heterocycles. The van der Waals surface area contributed by atoms with E-state index in [2.05, 4.69) is 51.2 Å². The number of anilines is 1. The van der Waals surface area contributed by atoms with Crippen LogP contribution in [-0.2, 0) is 11.3 Å². The van der Waals surface area contributed by atoms with Crippen molar-refractivity contribution in [1.82, 2.24) is 9.88 Å². The van der Waals surface area contributed by atoms with Crippen LogP contribution in [0.5, 0.6) is 0 Å². The summed E-state index contributed by atoms with van der Waals surface area (Å²) < 4.78 is 6.00. The predicted molar refractivity (Wildman–Crippen MR) is 91.5 cm³/mol. The second-order valence-corrected chi connectivity index (χ2v) is 6.35. The summed E-state index contributed by atoms with van der Waals surface area (Å²) in [5.74, 6) is 0.923. The second kappa shape index (κ2) is 6.60. The van der Waals surface area contributed by atoms with E-state index in [0.717, 1.165) is 38.6 Å². The molecule has 0 radical (unpaired) electrons. The van der Waals surface area contributed by atoms with Crippen LogP contribution in [0.2, 0.25) is 0 Å². The minimum Gasteiger partial charge on any atom is -0.373 e. The molecule has 0 saturated carbocycles. The molecule has 0 aliphatic carbocycles. The number of rotatable bonds is 3. The first-order valence-electron chi connectivity index (χ1n) is 8.34. The molecular formula is C19H20N4O. The third kappa shape index (κ3) is 2.99. The van der Waals surface area contributed by atoms with E-state index in [1.165, 1.54) is 5.56 Å². The highest BCUT2D eigenvalue weighted by molar-refractivity contribution is 5.44. The molecule has 122 valence electrons. The van der Waals surface area contributed by atoms with Gasteiger partial charge in [0.1, 0.15) is 11.9 Å². The third-order valence-electron chi connectivity index (χ3n) is 4.85.